The summed E-state index contributed by atoms with van der Waals surface area (Å²) in [5, 5.41) is 3.07. The number of carbonyl (C=O) groups is 2. The van der Waals surface area contributed by atoms with Crippen molar-refractivity contribution in [3.8, 4) is 11.5 Å². The van der Waals surface area contributed by atoms with E-state index >= 15 is 0 Å². The fourth-order valence-electron chi connectivity index (χ4n) is 2.18. The van der Waals surface area contributed by atoms with Crippen LogP contribution in [0.5, 0.6) is 11.5 Å². The third kappa shape index (κ3) is 4.00. The van der Waals surface area contributed by atoms with Crippen molar-refractivity contribution in [2.75, 3.05) is 18.5 Å². The summed E-state index contributed by atoms with van der Waals surface area (Å²) in [7, 11) is 0. The summed E-state index contributed by atoms with van der Waals surface area (Å²) < 4.78 is 15.9. The van der Waals surface area contributed by atoms with Crippen molar-refractivity contribution in [2.45, 2.75) is 13.0 Å². The summed E-state index contributed by atoms with van der Waals surface area (Å²) in [6.07, 6.45) is 0.423. The Morgan fingerprint density at radius 1 is 1.31 bits per heavy atom. The number of aromatic nitrogens is 1. The van der Waals surface area contributed by atoms with Gasteiger partial charge in [0.05, 0.1) is 10.0 Å². The molecule has 0 spiro atoms. The molecule has 1 atom stereocenters. The fraction of sp³-hybridized carbons (Fsp3) is 0.235. The number of hydrogen-bond acceptors (Lipinski definition) is 6. The van der Waals surface area contributed by atoms with Crippen LogP contribution in [0.4, 0.5) is 5.82 Å². The van der Waals surface area contributed by atoms with E-state index in [9.17, 15) is 9.59 Å². The van der Waals surface area contributed by atoms with E-state index in [2.05, 4.69) is 10.3 Å². The van der Waals surface area contributed by atoms with Gasteiger partial charge in [0.1, 0.15) is 6.61 Å². The lowest BCUT2D eigenvalue weighted by atomic mass is 10.2. The van der Waals surface area contributed by atoms with Gasteiger partial charge in [-0.1, -0.05) is 35.3 Å². The minimum Gasteiger partial charge on any atom is -0.485 e. The molecule has 1 aromatic heterocycles. The number of esters is 1. The van der Waals surface area contributed by atoms with Crippen LogP contribution in [0.2, 0.25) is 10.0 Å². The maximum absolute atomic E-state index is 12.1. The molecule has 2 heterocycles. The number of pyridine rings is 1. The number of carbonyl (C=O) groups excluding carboxylic acids is 2. The number of para-hydroxylation sites is 2. The monoisotopic (exact) mass is 396 g/mol. The Bertz CT molecular complexity index is 859. The van der Waals surface area contributed by atoms with Crippen LogP contribution in [0.3, 0.4) is 0 Å². The number of amides is 1. The van der Waals surface area contributed by atoms with Crippen LogP contribution in [-0.4, -0.2) is 36.2 Å². The highest BCUT2D eigenvalue weighted by Gasteiger charge is 2.29. The molecular weight excluding hydrogens is 383 g/mol. The Labute approximate surface area is 159 Å². The third-order valence-corrected chi connectivity index (χ3v) is 4.42. The van der Waals surface area contributed by atoms with Crippen LogP contribution in [0.1, 0.15) is 5.56 Å². The molecule has 1 unspecified atom stereocenters. The van der Waals surface area contributed by atoms with Crippen LogP contribution < -0.4 is 14.8 Å². The average molecular weight is 397 g/mol. The standard InChI is InChI=1S/C17H14Cl2N2O5/c1-9-10(18)6-20-16(15(9)19)21-14(22)8-25-17(23)13-7-24-11-4-2-3-5-12(11)26-13/h2-6,13H,7-8H2,1H3,(H,20,21,22). The normalized spacial score (nSPS) is 15.3. The Balaban J connectivity index is 1.54. The quantitative estimate of drug-likeness (QED) is 0.799. The van der Waals surface area contributed by atoms with E-state index in [0.717, 1.165) is 0 Å². The number of anilines is 1. The average Bonchev–Trinajstić information content (AvgIpc) is 2.66. The summed E-state index contributed by atoms with van der Waals surface area (Å²) in [4.78, 5) is 28.0. The maximum atomic E-state index is 12.1. The van der Waals surface area contributed by atoms with Crippen molar-refractivity contribution in [3.63, 3.8) is 0 Å². The van der Waals surface area contributed by atoms with Crippen LogP contribution in [-0.2, 0) is 14.3 Å². The van der Waals surface area contributed by atoms with E-state index in [4.69, 9.17) is 37.4 Å². The second-order valence-corrected chi connectivity index (χ2v) is 6.20. The molecule has 26 heavy (non-hydrogen) atoms. The van der Waals surface area contributed by atoms with E-state index in [-0.39, 0.29) is 17.4 Å². The molecule has 3 rings (SSSR count). The molecule has 0 fully saturated rings. The van der Waals surface area contributed by atoms with Crippen molar-refractivity contribution in [1.29, 1.82) is 0 Å². The zero-order chi connectivity index (χ0) is 18.7. The SMILES string of the molecule is Cc1c(Cl)cnc(NC(=O)COC(=O)C2COc3ccccc3O2)c1Cl. The molecule has 0 radical (unpaired) electrons. The van der Waals surface area contributed by atoms with E-state index in [1.165, 1.54) is 6.20 Å². The Morgan fingerprint density at radius 2 is 2.04 bits per heavy atom. The summed E-state index contributed by atoms with van der Waals surface area (Å²) >= 11 is 12.0. The third-order valence-electron chi connectivity index (χ3n) is 3.58. The van der Waals surface area contributed by atoms with Gasteiger partial charge in [-0.3, -0.25) is 4.79 Å². The smallest absolute Gasteiger partial charge is 0.351 e. The highest BCUT2D eigenvalue weighted by atomic mass is 35.5. The zero-order valence-corrected chi connectivity index (χ0v) is 15.1. The Morgan fingerprint density at radius 3 is 2.81 bits per heavy atom. The molecule has 0 bridgehead atoms. The molecule has 1 amide bonds. The number of benzene rings is 1. The van der Waals surface area contributed by atoms with Gasteiger partial charge in [-0.2, -0.15) is 0 Å². The van der Waals surface area contributed by atoms with Gasteiger partial charge in [-0.25, -0.2) is 9.78 Å². The molecular formula is C17H14Cl2N2O5. The predicted molar refractivity (Wildman–Crippen MR) is 94.9 cm³/mol. The highest BCUT2D eigenvalue weighted by molar-refractivity contribution is 6.37. The summed E-state index contributed by atoms with van der Waals surface area (Å²) in [6, 6.07) is 6.96. The number of hydrogen-bond donors (Lipinski definition) is 1. The first-order chi connectivity index (χ1) is 12.5. The van der Waals surface area contributed by atoms with Crippen LogP contribution in [0.25, 0.3) is 0 Å². The zero-order valence-electron chi connectivity index (χ0n) is 13.6. The highest BCUT2D eigenvalue weighted by Crippen LogP contribution is 2.31. The molecule has 0 saturated heterocycles. The van der Waals surface area contributed by atoms with E-state index in [1.54, 1.807) is 31.2 Å². The van der Waals surface area contributed by atoms with Crippen molar-refractivity contribution in [2.24, 2.45) is 0 Å². The lowest BCUT2D eigenvalue weighted by Crippen LogP contribution is -2.39. The lowest BCUT2D eigenvalue weighted by molar-refractivity contribution is -0.156. The van der Waals surface area contributed by atoms with Gasteiger partial charge in [-0.05, 0) is 24.6 Å². The van der Waals surface area contributed by atoms with Gasteiger partial charge in [-0.15, -0.1) is 0 Å². The largest absolute Gasteiger partial charge is 0.485 e. The predicted octanol–water partition coefficient (Wildman–Crippen LogP) is 3.02. The molecule has 1 aromatic carbocycles. The van der Waals surface area contributed by atoms with Gasteiger partial charge in [0, 0.05) is 6.20 Å². The molecule has 1 aliphatic heterocycles. The lowest BCUT2D eigenvalue weighted by Gasteiger charge is -2.24. The molecule has 2 aromatic rings. The van der Waals surface area contributed by atoms with Crippen molar-refractivity contribution in [3.05, 3.63) is 46.1 Å². The topological polar surface area (TPSA) is 86.8 Å². The molecule has 136 valence electrons. The molecule has 0 saturated carbocycles. The molecule has 1 N–H and O–H groups in total. The first-order valence-electron chi connectivity index (χ1n) is 7.61. The summed E-state index contributed by atoms with van der Waals surface area (Å²) in [5.74, 6) is -0.167. The van der Waals surface area contributed by atoms with Crippen molar-refractivity contribution < 1.29 is 23.8 Å². The number of nitrogens with zero attached hydrogens (tertiary/aromatic N) is 1. The van der Waals surface area contributed by atoms with Crippen LogP contribution in [0.15, 0.2) is 30.5 Å². The number of fused-ring (bicyclic) bond motifs is 1. The number of nitrogens with one attached hydrogen (secondary N) is 1. The van der Waals surface area contributed by atoms with Crippen LogP contribution in [0, 0.1) is 6.92 Å². The first kappa shape index (κ1) is 18.3. The van der Waals surface area contributed by atoms with E-state index in [0.29, 0.717) is 22.1 Å². The maximum Gasteiger partial charge on any atom is 0.351 e. The minimum absolute atomic E-state index is 0.00122. The number of rotatable bonds is 4. The van der Waals surface area contributed by atoms with Gasteiger partial charge in [0.15, 0.2) is 23.9 Å². The van der Waals surface area contributed by atoms with E-state index in [1.807, 2.05) is 0 Å². The summed E-state index contributed by atoms with van der Waals surface area (Å²) in [6.45, 7) is 1.18. The minimum atomic E-state index is -0.947. The molecule has 9 heteroatoms. The Kier molecular flexibility index (Phi) is 5.49. The second kappa shape index (κ2) is 7.80. The Hall–Kier alpha value is -2.51. The van der Waals surface area contributed by atoms with Crippen molar-refractivity contribution in [1.82, 2.24) is 4.98 Å². The van der Waals surface area contributed by atoms with E-state index < -0.39 is 24.6 Å². The van der Waals surface area contributed by atoms with Crippen molar-refractivity contribution >= 4 is 40.9 Å². The molecule has 7 nitrogen and oxygen atoms in total. The van der Waals surface area contributed by atoms with Gasteiger partial charge < -0.3 is 19.5 Å². The van der Waals surface area contributed by atoms with Gasteiger partial charge in [0.2, 0.25) is 6.10 Å². The fourth-order valence-corrected chi connectivity index (χ4v) is 2.57. The first-order valence-corrected chi connectivity index (χ1v) is 8.37. The van der Waals surface area contributed by atoms with Gasteiger partial charge in [0.25, 0.3) is 5.91 Å². The van der Waals surface area contributed by atoms with Crippen LogP contribution >= 0.6 is 23.2 Å². The summed E-state index contributed by atoms with van der Waals surface area (Å²) in [5.41, 5.74) is 0.585. The van der Waals surface area contributed by atoms with Gasteiger partial charge >= 0.3 is 5.97 Å². The number of ether oxygens (including phenoxy) is 3. The second-order valence-electron chi connectivity index (χ2n) is 5.41. The molecule has 1 aliphatic rings. The number of halogens is 2. The molecule has 0 aliphatic carbocycles.